The molecule has 0 aliphatic heterocycles. The summed E-state index contributed by atoms with van der Waals surface area (Å²) in [7, 11) is 3.72. The van der Waals surface area contributed by atoms with E-state index in [0.717, 1.165) is 5.69 Å². The van der Waals surface area contributed by atoms with Gasteiger partial charge in [0.1, 0.15) is 11.3 Å². The van der Waals surface area contributed by atoms with Crippen molar-refractivity contribution >= 4 is 28.8 Å². The number of ketones is 1. The first-order chi connectivity index (χ1) is 26.5. The molecule has 0 bridgehead atoms. The Balaban J connectivity index is -0.000000124. The number of carbonyl (C=O) groups is 1. The van der Waals surface area contributed by atoms with Gasteiger partial charge in [0.15, 0.2) is 5.78 Å². The maximum Gasteiger partial charge on any atom is 2.00 e. The third-order valence-electron chi connectivity index (χ3n) is 9.96. The number of imidazole rings is 2. The van der Waals surface area contributed by atoms with Gasteiger partial charge >= 0.3 is 23.1 Å². The fourth-order valence-electron chi connectivity index (χ4n) is 5.56. The van der Waals surface area contributed by atoms with Crippen molar-refractivity contribution in [3.63, 3.8) is 0 Å². The molecule has 0 amide bonds. The quantitative estimate of drug-likeness (QED) is 0.103. The summed E-state index contributed by atoms with van der Waals surface area (Å²) in [5.41, 5.74) is 3.53. The van der Waals surface area contributed by atoms with Crippen molar-refractivity contribution in [3.8, 4) is 0 Å². The topological polar surface area (TPSA) is 72.9 Å². The van der Waals surface area contributed by atoms with E-state index in [0.29, 0.717) is 17.5 Å². The van der Waals surface area contributed by atoms with Gasteiger partial charge in [0.05, 0.1) is 30.7 Å². The summed E-state index contributed by atoms with van der Waals surface area (Å²) in [6.07, 6.45) is 8.94. The Bertz CT molecular complexity index is 1430. The van der Waals surface area contributed by atoms with Gasteiger partial charge in [0.2, 0.25) is 0 Å². The van der Waals surface area contributed by atoms with Crippen LogP contribution in [0.15, 0.2) is 85.7 Å². The molecule has 8 heteroatoms. The van der Waals surface area contributed by atoms with Crippen LogP contribution in [0.5, 0.6) is 0 Å². The summed E-state index contributed by atoms with van der Waals surface area (Å²) in [6.45, 7) is 45.3. The molecule has 4 atom stereocenters. The van der Waals surface area contributed by atoms with E-state index < -0.39 is 5.60 Å². The molecule has 0 fully saturated rings. The Kier molecular flexibility index (Phi) is 48.7. The van der Waals surface area contributed by atoms with E-state index in [-0.39, 0.29) is 62.6 Å². The second kappa shape index (κ2) is 40.2. The van der Waals surface area contributed by atoms with Crippen LogP contribution >= 0.6 is 0 Å². The Hall–Kier alpha value is -2.26. The SMILES string of the molecule is CC.CC.CC.CC.CC.CC.CC(=O)c1cncn1C.CC(C(C)C(C)(O)c1cncn1C)C(C)(C)c1ccccc1.C[CH-]C(C)C(C)(C)c1ccccc1.[Br-].[Mg+2]. The smallest absolute Gasteiger partial charge is 1.00 e. The molecule has 4 unspecified atom stereocenters. The minimum atomic E-state index is -0.920. The Morgan fingerprint density at radius 3 is 1.24 bits per heavy atom. The average molecular weight is 885 g/mol. The van der Waals surface area contributed by atoms with Crippen molar-refractivity contribution in [2.45, 2.75) is 169 Å². The molecule has 0 aliphatic rings. The number of aliphatic hydroxyl groups is 1. The molecule has 4 aromatic rings. The number of carbonyl (C=O) groups excluding carboxylic acids is 1. The molecule has 1 N–H and O–H groups in total. The summed E-state index contributed by atoms with van der Waals surface area (Å²) in [5, 5.41) is 11.1. The van der Waals surface area contributed by atoms with Gasteiger partial charge in [-0.25, -0.2) is 9.97 Å². The first-order valence-electron chi connectivity index (χ1n) is 21.6. The number of rotatable bonds is 9. The minimum Gasteiger partial charge on any atom is -1.00 e. The van der Waals surface area contributed by atoms with Gasteiger partial charge in [-0.05, 0) is 40.7 Å². The molecule has 2 heterocycles. The molecule has 2 aromatic heterocycles. The molecular weight excluding hydrogens is 793 g/mol. The number of nitrogens with zero attached hydrogens (tertiary/aromatic N) is 4. The predicted octanol–water partition coefficient (Wildman–Crippen LogP) is 11.1. The molecule has 2 aromatic carbocycles. The normalized spacial score (nSPS) is 12.0. The van der Waals surface area contributed by atoms with Gasteiger partial charge in [-0.1, -0.05) is 192 Å². The van der Waals surface area contributed by atoms with Crippen LogP contribution in [0.2, 0.25) is 0 Å². The van der Waals surface area contributed by atoms with E-state index in [1.54, 1.807) is 36.7 Å². The number of benzene rings is 2. The van der Waals surface area contributed by atoms with E-state index in [9.17, 15) is 9.90 Å². The van der Waals surface area contributed by atoms with Gasteiger partial charge in [-0.2, -0.15) is 12.8 Å². The van der Waals surface area contributed by atoms with E-state index in [1.165, 1.54) is 18.1 Å². The molecule has 58 heavy (non-hydrogen) atoms. The van der Waals surface area contributed by atoms with Crippen molar-refractivity contribution in [2.24, 2.45) is 31.8 Å². The monoisotopic (exact) mass is 883 g/mol. The van der Waals surface area contributed by atoms with Crippen LogP contribution < -0.4 is 17.0 Å². The summed E-state index contributed by atoms with van der Waals surface area (Å²) < 4.78 is 3.60. The molecule has 332 valence electrons. The van der Waals surface area contributed by atoms with E-state index in [4.69, 9.17) is 0 Å². The summed E-state index contributed by atoms with van der Waals surface area (Å²) in [5.74, 6) is 1.03. The van der Waals surface area contributed by atoms with E-state index in [1.807, 2.05) is 108 Å². The molecule has 0 saturated carbocycles. The minimum absolute atomic E-state index is 0. The average Bonchev–Trinajstić information content (AvgIpc) is 3.90. The number of hydrogen-bond acceptors (Lipinski definition) is 4. The van der Waals surface area contributed by atoms with Crippen LogP contribution in [0, 0.1) is 24.2 Å². The zero-order valence-electron chi connectivity index (χ0n) is 42.1. The number of aromatic nitrogens is 4. The van der Waals surface area contributed by atoms with Gasteiger partial charge in [-0.3, -0.25) is 4.79 Å². The second-order valence-electron chi connectivity index (χ2n) is 13.4. The first kappa shape index (κ1) is 70.3. The zero-order chi connectivity index (χ0) is 45.3. The predicted molar refractivity (Wildman–Crippen MR) is 256 cm³/mol. The van der Waals surface area contributed by atoms with Gasteiger partial charge in [-0.15, -0.1) is 0 Å². The Morgan fingerprint density at radius 2 is 0.966 bits per heavy atom. The van der Waals surface area contributed by atoms with E-state index >= 15 is 0 Å². The van der Waals surface area contributed by atoms with Crippen molar-refractivity contribution in [3.05, 3.63) is 115 Å². The van der Waals surface area contributed by atoms with Gasteiger partial charge in [0, 0.05) is 21.0 Å². The first-order valence-corrected chi connectivity index (χ1v) is 21.6. The van der Waals surface area contributed by atoms with Crippen LogP contribution in [0.1, 0.15) is 180 Å². The maximum atomic E-state index is 11.1. The molecular formula is C50H91BrMgN4O2. The number of Topliss-reactive ketones (excluding diaryl/α,β-unsaturated/α-hetero) is 1. The zero-order valence-corrected chi connectivity index (χ0v) is 45.1. The summed E-state index contributed by atoms with van der Waals surface area (Å²) in [6, 6.07) is 21.2. The molecule has 0 aliphatic carbocycles. The van der Waals surface area contributed by atoms with Gasteiger partial charge < -0.3 is 37.6 Å². The third-order valence-corrected chi connectivity index (χ3v) is 9.96. The largest absolute Gasteiger partial charge is 2.00 e. The van der Waals surface area contributed by atoms with Crippen LogP contribution in [0.4, 0.5) is 0 Å². The maximum absolute atomic E-state index is 11.1. The van der Waals surface area contributed by atoms with E-state index in [2.05, 4.69) is 126 Å². The number of hydrogen-bond donors (Lipinski definition) is 1. The van der Waals surface area contributed by atoms with Crippen LogP contribution in [-0.4, -0.2) is 53.0 Å². The Morgan fingerprint density at radius 1 is 0.621 bits per heavy atom. The second-order valence-corrected chi connectivity index (χ2v) is 13.4. The molecule has 6 nitrogen and oxygen atoms in total. The van der Waals surface area contributed by atoms with Gasteiger partial charge in [0.25, 0.3) is 0 Å². The van der Waals surface area contributed by atoms with Crippen LogP contribution in [0.25, 0.3) is 0 Å². The fraction of sp³-hybridized carbons (Fsp3) is 0.600. The number of halogens is 1. The van der Waals surface area contributed by atoms with Crippen molar-refractivity contribution in [1.29, 1.82) is 0 Å². The summed E-state index contributed by atoms with van der Waals surface area (Å²) >= 11 is 0. The molecule has 0 radical (unpaired) electrons. The van der Waals surface area contributed by atoms with Crippen molar-refractivity contribution < 1.29 is 26.9 Å². The third kappa shape index (κ3) is 23.5. The molecule has 0 saturated heterocycles. The Labute approximate surface area is 387 Å². The van der Waals surface area contributed by atoms with Crippen molar-refractivity contribution in [2.75, 3.05) is 0 Å². The number of aryl methyl sites for hydroxylation is 2. The fourth-order valence-corrected chi connectivity index (χ4v) is 5.56. The molecule has 4 rings (SSSR count). The standard InChI is InChI=1S/C19H28N2O.C13H19.C6H8N2O.6C2H6.BrH.Mg/c1-14(18(3,4)16-10-8-7-9-11-16)15(2)19(5,22)17-12-20-13-21(17)6;1-5-11(2)13(3,4)12-9-7-6-8-10-12;1-5(9)6-3-7-4-8(6)2;6*1-2;;/h7-15,22H,1-6H3;5-11H,1-4H3;3-4H,1-2H3;6*1-2H3;1H;/q;-1;;;;;;;;;+2/p-1. The van der Waals surface area contributed by atoms with Crippen LogP contribution in [0.3, 0.4) is 0 Å². The summed E-state index contributed by atoms with van der Waals surface area (Å²) in [4.78, 5) is 18.6. The van der Waals surface area contributed by atoms with Crippen LogP contribution in [-0.2, 0) is 30.5 Å². The van der Waals surface area contributed by atoms with Crippen molar-refractivity contribution in [1.82, 2.24) is 19.1 Å². The molecule has 0 spiro atoms.